The molecule has 0 saturated carbocycles. The summed E-state index contributed by atoms with van der Waals surface area (Å²) < 4.78 is 4.73. The molecular weight excluding hydrogens is 298 g/mol. The standard InChI is InChI=1S/C17H17NO3S/c1-21-17(20)14-3-4-15-13(10-14)6-8-18(15)16(19)5-2-12-7-9-22-11-12/h3-4,7,9-11H,2,5-6,8H2,1H3. The van der Waals surface area contributed by atoms with E-state index in [9.17, 15) is 9.59 Å². The number of nitrogens with zero attached hydrogens (tertiary/aromatic N) is 1. The van der Waals surface area contributed by atoms with Crippen molar-refractivity contribution in [1.82, 2.24) is 0 Å². The Morgan fingerprint density at radius 1 is 1.32 bits per heavy atom. The molecule has 0 fully saturated rings. The van der Waals surface area contributed by atoms with Gasteiger partial charge >= 0.3 is 5.97 Å². The molecule has 2 heterocycles. The van der Waals surface area contributed by atoms with Crippen LogP contribution >= 0.6 is 11.3 Å². The maximum Gasteiger partial charge on any atom is 0.337 e. The Kier molecular flexibility index (Phi) is 4.24. The van der Waals surface area contributed by atoms with E-state index in [1.807, 2.05) is 22.4 Å². The molecule has 1 aromatic carbocycles. The molecule has 0 saturated heterocycles. The van der Waals surface area contributed by atoms with Crippen LogP contribution in [-0.4, -0.2) is 25.5 Å². The molecule has 0 aliphatic carbocycles. The number of esters is 1. The number of fused-ring (bicyclic) bond motifs is 1. The number of thiophene rings is 1. The van der Waals surface area contributed by atoms with Gasteiger partial charge in [0.25, 0.3) is 0 Å². The number of carbonyl (C=O) groups is 2. The third-order valence-electron chi connectivity index (χ3n) is 3.90. The third-order valence-corrected chi connectivity index (χ3v) is 4.64. The van der Waals surface area contributed by atoms with Crippen LogP contribution in [0.1, 0.15) is 27.9 Å². The quantitative estimate of drug-likeness (QED) is 0.815. The van der Waals surface area contributed by atoms with Crippen molar-refractivity contribution in [2.24, 2.45) is 0 Å². The number of hydrogen-bond donors (Lipinski definition) is 0. The van der Waals surface area contributed by atoms with Crippen LogP contribution in [0.5, 0.6) is 0 Å². The van der Waals surface area contributed by atoms with Crippen molar-refractivity contribution in [3.8, 4) is 0 Å². The van der Waals surface area contributed by atoms with Gasteiger partial charge in [0.15, 0.2) is 0 Å². The van der Waals surface area contributed by atoms with E-state index in [1.165, 1.54) is 12.7 Å². The Labute approximate surface area is 133 Å². The van der Waals surface area contributed by atoms with Gasteiger partial charge in [-0.15, -0.1) is 0 Å². The molecule has 1 amide bonds. The van der Waals surface area contributed by atoms with Crippen molar-refractivity contribution < 1.29 is 14.3 Å². The lowest BCUT2D eigenvalue weighted by atomic mass is 10.1. The monoisotopic (exact) mass is 315 g/mol. The van der Waals surface area contributed by atoms with Gasteiger partial charge in [-0.1, -0.05) is 0 Å². The average molecular weight is 315 g/mol. The van der Waals surface area contributed by atoms with Crippen LogP contribution in [0.15, 0.2) is 35.0 Å². The molecule has 0 atom stereocenters. The summed E-state index contributed by atoms with van der Waals surface area (Å²) in [7, 11) is 1.37. The zero-order valence-corrected chi connectivity index (χ0v) is 13.2. The molecule has 2 aromatic rings. The predicted molar refractivity (Wildman–Crippen MR) is 86.5 cm³/mol. The van der Waals surface area contributed by atoms with Gasteiger partial charge in [0, 0.05) is 18.7 Å². The molecule has 3 rings (SSSR count). The first-order valence-corrected chi connectivity index (χ1v) is 8.16. The highest BCUT2D eigenvalue weighted by Crippen LogP contribution is 2.29. The summed E-state index contributed by atoms with van der Waals surface area (Å²) >= 11 is 1.65. The Morgan fingerprint density at radius 2 is 2.18 bits per heavy atom. The van der Waals surface area contributed by atoms with E-state index in [2.05, 4.69) is 11.4 Å². The Morgan fingerprint density at radius 3 is 2.91 bits per heavy atom. The number of rotatable bonds is 4. The first-order chi connectivity index (χ1) is 10.7. The van der Waals surface area contributed by atoms with Gasteiger partial charge in [-0.3, -0.25) is 4.79 Å². The number of amides is 1. The van der Waals surface area contributed by atoms with Crippen LogP contribution in [-0.2, 0) is 22.4 Å². The molecule has 114 valence electrons. The summed E-state index contributed by atoms with van der Waals surface area (Å²) in [5.74, 6) is -0.208. The molecule has 4 nitrogen and oxygen atoms in total. The van der Waals surface area contributed by atoms with Gasteiger partial charge < -0.3 is 9.64 Å². The van der Waals surface area contributed by atoms with Crippen molar-refractivity contribution in [1.29, 1.82) is 0 Å². The van der Waals surface area contributed by atoms with Gasteiger partial charge in [0.2, 0.25) is 5.91 Å². The zero-order chi connectivity index (χ0) is 15.5. The van der Waals surface area contributed by atoms with Gasteiger partial charge in [-0.2, -0.15) is 11.3 Å². The fourth-order valence-corrected chi connectivity index (χ4v) is 3.43. The largest absolute Gasteiger partial charge is 0.465 e. The molecule has 0 bridgehead atoms. The molecule has 1 aromatic heterocycles. The van der Waals surface area contributed by atoms with Crippen LogP contribution in [0, 0.1) is 0 Å². The van der Waals surface area contributed by atoms with Crippen molar-refractivity contribution >= 4 is 28.9 Å². The number of benzene rings is 1. The number of anilines is 1. The SMILES string of the molecule is COC(=O)c1ccc2c(c1)CCN2C(=O)CCc1ccsc1. The number of hydrogen-bond acceptors (Lipinski definition) is 4. The van der Waals surface area contributed by atoms with E-state index in [4.69, 9.17) is 4.74 Å². The van der Waals surface area contributed by atoms with Crippen LogP contribution in [0.3, 0.4) is 0 Å². The Balaban J connectivity index is 1.71. The normalized spacial score (nSPS) is 13.0. The molecule has 0 radical (unpaired) electrons. The fourth-order valence-electron chi connectivity index (χ4n) is 2.73. The van der Waals surface area contributed by atoms with Crippen LogP contribution < -0.4 is 4.90 Å². The smallest absolute Gasteiger partial charge is 0.337 e. The Hall–Kier alpha value is -2.14. The molecule has 0 unspecified atom stereocenters. The lowest BCUT2D eigenvalue weighted by Crippen LogP contribution is -2.29. The second-order valence-electron chi connectivity index (χ2n) is 5.26. The molecule has 22 heavy (non-hydrogen) atoms. The van der Waals surface area contributed by atoms with Gasteiger partial charge in [-0.05, 0) is 59.0 Å². The summed E-state index contributed by atoms with van der Waals surface area (Å²) in [5.41, 5.74) is 3.70. The minimum Gasteiger partial charge on any atom is -0.465 e. The van der Waals surface area contributed by atoms with Gasteiger partial charge in [-0.25, -0.2) is 4.79 Å². The lowest BCUT2D eigenvalue weighted by Gasteiger charge is -2.17. The van der Waals surface area contributed by atoms with E-state index < -0.39 is 0 Å². The zero-order valence-electron chi connectivity index (χ0n) is 12.4. The highest BCUT2D eigenvalue weighted by molar-refractivity contribution is 7.07. The van der Waals surface area contributed by atoms with E-state index >= 15 is 0 Å². The average Bonchev–Trinajstić information content (AvgIpc) is 3.20. The predicted octanol–water partition coefficient (Wildman–Crippen LogP) is 3.06. The number of carbonyl (C=O) groups excluding carboxylic acids is 2. The summed E-state index contributed by atoms with van der Waals surface area (Å²) in [4.78, 5) is 25.8. The second kappa shape index (κ2) is 6.32. The minimum atomic E-state index is -0.343. The van der Waals surface area contributed by atoms with Gasteiger partial charge in [0.1, 0.15) is 0 Å². The molecule has 0 N–H and O–H groups in total. The minimum absolute atomic E-state index is 0.135. The first-order valence-electron chi connectivity index (χ1n) is 7.21. The fraction of sp³-hybridized carbons (Fsp3) is 0.294. The lowest BCUT2D eigenvalue weighted by molar-refractivity contribution is -0.118. The summed E-state index contributed by atoms with van der Waals surface area (Å²) in [6, 6.07) is 7.44. The summed E-state index contributed by atoms with van der Waals surface area (Å²) in [5, 5.41) is 4.10. The third kappa shape index (κ3) is 2.90. The number of aryl methyl sites for hydroxylation is 1. The van der Waals surface area contributed by atoms with Crippen LogP contribution in [0.4, 0.5) is 5.69 Å². The Bertz CT molecular complexity index is 694. The molecule has 5 heteroatoms. The summed E-state index contributed by atoms with van der Waals surface area (Å²) in [6.07, 6.45) is 2.06. The second-order valence-corrected chi connectivity index (χ2v) is 6.04. The van der Waals surface area contributed by atoms with Crippen molar-refractivity contribution in [3.05, 3.63) is 51.7 Å². The highest BCUT2D eigenvalue weighted by atomic mass is 32.1. The maximum atomic E-state index is 12.4. The van der Waals surface area contributed by atoms with E-state index in [0.29, 0.717) is 18.5 Å². The maximum absolute atomic E-state index is 12.4. The van der Waals surface area contributed by atoms with Crippen molar-refractivity contribution in [3.63, 3.8) is 0 Å². The van der Waals surface area contributed by atoms with Crippen molar-refractivity contribution in [2.45, 2.75) is 19.3 Å². The number of ether oxygens (including phenoxy) is 1. The van der Waals surface area contributed by atoms with E-state index in [0.717, 1.165) is 24.1 Å². The van der Waals surface area contributed by atoms with E-state index in [-0.39, 0.29) is 11.9 Å². The van der Waals surface area contributed by atoms with Crippen molar-refractivity contribution in [2.75, 3.05) is 18.6 Å². The molecular formula is C17H17NO3S. The molecule has 1 aliphatic heterocycles. The topological polar surface area (TPSA) is 46.6 Å². The first kappa shape index (κ1) is 14.8. The molecule has 0 spiro atoms. The van der Waals surface area contributed by atoms with Crippen LogP contribution in [0.2, 0.25) is 0 Å². The number of methoxy groups -OCH3 is 1. The summed E-state index contributed by atoms with van der Waals surface area (Å²) in [6.45, 7) is 0.683. The molecule has 1 aliphatic rings. The van der Waals surface area contributed by atoms with Crippen LogP contribution in [0.25, 0.3) is 0 Å². The highest BCUT2D eigenvalue weighted by Gasteiger charge is 2.25. The van der Waals surface area contributed by atoms with Gasteiger partial charge in [0.05, 0.1) is 12.7 Å². The van der Waals surface area contributed by atoms with E-state index in [1.54, 1.807) is 17.4 Å².